The highest BCUT2D eigenvalue weighted by atomic mass is 16.2. The Hall–Kier alpha value is -2.66. The maximum atomic E-state index is 12.6. The molecule has 5 nitrogen and oxygen atoms in total. The quantitative estimate of drug-likeness (QED) is 0.774. The molecule has 3 aromatic rings. The van der Waals surface area contributed by atoms with Gasteiger partial charge >= 0.3 is 0 Å². The van der Waals surface area contributed by atoms with Gasteiger partial charge < -0.3 is 9.72 Å². The van der Waals surface area contributed by atoms with E-state index in [0.717, 1.165) is 43.7 Å². The molecular formula is C22H26N4O. The van der Waals surface area contributed by atoms with Gasteiger partial charge in [-0.3, -0.25) is 9.69 Å². The lowest BCUT2D eigenvalue weighted by molar-refractivity contribution is 0.0904. The van der Waals surface area contributed by atoms with Gasteiger partial charge in [0.2, 0.25) is 0 Å². The number of carbonyl (C=O) groups is 1. The van der Waals surface area contributed by atoms with E-state index in [1.807, 2.05) is 29.7 Å². The Balaban J connectivity index is 1.33. The lowest BCUT2D eigenvalue weighted by atomic mass is 10.0. The molecule has 1 saturated heterocycles. The number of benzene rings is 1. The van der Waals surface area contributed by atoms with Crippen LogP contribution < -0.4 is 5.32 Å². The fraction of sp³-hybridized carbons (Fsp3) is 0.364. The summed E-state index contributed by atoms with van der Waals surface area (Å²) in [5, 5.41) is 3.17. The van der Waals surface area contributed by atoms with Crippen molar-refractivity contribution < 1.29 is 4.79 Å². The number of piperidine rings is 1. The summed E-state index contributed by atoms with van der Waals surface area (Å²) >= 11 is 0. The molecule has 0 aliphatic carbocycles. The van der Waals surface area contributed by atoms with E-state index in [9.17, 15) is 4.79 Å². The molecule has 1 aliphatic heterocycles. The summed E-state index contributed by atoms with van der Waals surface area (Å²) in [7, 11) is 0. The Bertz CT molecular complexity index is 954. The van der Waals surface area contributed by atoms with Crippen LogP contribution in [-0.4, -0.2) is 39.3 Å². The molecule has 1 aromatic carbocycles. The summed E-state index contributed by atoms with van der Waals surface area (Å²) in [6.45, 7) is 7.18. The second-order valence-electron chi connectivity index (χ2n) is 7.55. The van der Waals surface area contributed by atoms with Gasteiger partial charge in [0.15, 0.2) is 0 Å². The van der Waals surface area contributed by atoms with Crippen LogP contribution in [0.5, 0.6) is 0 Å². The van der Waals surface area contributed by atoms with Gasteiger partial charge in [-0.2, -0.15) is 0 Å². The molecule has 1 fully saturated rings. The van der Waals surface area contributed by atoms with Crippen LogP contribution in [-0.2, 0) is 6.54 Å². The first-order chi connectivity index (χ1) is 13.1. The average molecular weight is 362 g/mol. The number of hydrogen-bond acceptors (Lipinski definition) is 3. The second kappa shape index (κ2) is 7.53. The van der Waals surface area contributed by atoms with Gasteiger partial charge in [-0.25, -0.2) is 4.98 Å². The van der Waals surface area contributed by atoms with Crippen molar-refractivity contribution in [3.8, 4) is 0 Å². The zero-order valence-electron chi connectivity index (χ0n) is 16.0. The number of imidazole rings is 1. The van der Waals surface area contributed by atoms with Gasteiger partial charge in [-0.05, 0) is 55.5 Å². The molecule has 0 spiro atoms. The highest BCUT2D eigenvalue weighted by Gasteiger charge is 2.22. The molecular weight excluding hydrogens is 336 g/mol. The zero-order chi connectivity index (χ0) is 18.8. The molecule has 0 bridgehead atoms. The van der Waals surface area contributed by atoms with Crippen molar-refractivity contribution in [2.75, 3.05) is 13.1 Å². The number of aryl methyl sites for hydroxylation is 2. The average Bonchev–Trinajstić information content (AvgIpc) is 3.08. The lowest BCUT2D eigenvalue weighted by Crippen LogP contribution is -2.44. The zero-order valence-corrected chi connectivity index (χ0v) is 16.0. The van der Waals surface area contributed by atoms with Crippen molar-refractivity contribution in [3.63, 3.8) is 0 Å². The van der Waals surface area contributed by atoms with Crippen LogP contribution in [0.3, 0.4) is 0 Å². The molecule has 2 aromatic heterocycles. The maximum Gasteiger partial charge on any atom is 0.271 e. The van der Waals surface area contributed by atoms with Crippen molar-refractivity contribution in [2.45, 2.75) is 39.3 Å². The molecule has 5 heteroatoms. The van der Waals surface area contributed by atoms with E-state index in [4.69, 9.17) is 0 Å². The van der Waals surface area contributed by atoms with Gasteiger partial charge in [-0.15, -0.1) is 0 Å². The number of pyridine rings is 1. The molecule has 0 saturated carbocycles. The summed E-state index contributed by atoms with van der Waals surface area (Å²) in [4.78, 5) is 19.5. The molecule has 140 valence electrons. The number of amides is 1. The minimum atomic E-state index is -0.0753. The molecule has 0 atom stereocenters. The van der Waals surface area contributed by atoms with Crippen LogP contribution in [0.25, 0.3) is 5.65 Å². The lowest BCUT2D eigenvalue weighted by Gasteiger charge is -2.32. The Morgan fingerprint density at radius 2 is 1.96 bits per heavy atom. The predicted molar refractivity (Wildman–Crippen MR) is 107 cm³/mol. The molecule has 27 heavy (non-hydrogen) atoms. The Kier molecular flexibility index (Phi) is 4.94. The van der Waals surface area contributed by atoms with E-state index < -0.39 is 0 Å². The van der Waals surface area contributed by atoms with Gasteiger partial charge in [-0.1, -0.05) is 24.3 Å². The normalized spacial score (nSPS) is 15.9. The fourth-order valence-corrected chi connectivity index (χ4v) is 3.72. The Morgan fingerprint density at radius 1 is 1.19 bits per heavy atom. The summed E-state index contributed by atoms with van der Waals surface area (Å²) in [5.74, 6) is -0.0753. The van der Waals surface area contributed by atoms with Crippen molar-refractivity contribution in [2.24, 2.45) is 0 Å². The van der Waals surface area contributed by atoms with Crippen LogP contribution in [0.2, 0.25) is 0 Å². The molecule has 1 N–H and O–H groups in total. The third-order valence-corrected chi connectivity index (χ3v) is 5.43. The highest BCUT2D eigenvalue weighted by Crippen LogP contribution is 2.17. The Morgan fingerprint density at radius 3 is 2.74 bits per heavy atom. The van der Waals surface area contributed by atoms with Crippen LogP contribution in [0.4, 0.5) is 0 Å². The Labute approximate surface area is 160 Å². The summed E-state index contributed by atoms with van der Waals surface area (Å²) in [6.07, 6.45) is 5.70. The summed E-state index contributed by atoms with van der Waals surface area (Å²) in [5.41, 5.74) is 5.17. The third kappa shape index (κ3) is 4.03. The van der Waals surface area contributed by atoms with Crippen LogP contribution >= 0.6 is 0 Å². The van der Waals surface area contributed by atoms with Gasteiger partial charge in [0.05, 0.1) is 0 Å². The van der Waals surface area contributed by atoms with E-state index in [2.05, 4.69) is 46.4 Å². The first kappa shape index (κ1) is 17.7. The van der Waals surface area contributed by atoms with Gasteiger partial charge in [0.1, 0.15) is 11.3 Å². The van der Waals surface area contributed by atoms with Crippen LogP contribution in [0, 0.1) is 13.8 Å². The van der Waals surface area contributed by atoms with Crippen molar-refractivity contribution in [1.82, 2.24) is 19.6 Å². The monoisotopic (exact) mass is 362 g/mol. The molecule has 1 amide bonds. The minimum Gasteiger partial charge on any atom is -0.348 e. The highest BCUT2D eigenvalue weighted by molar-refractivity contribution is 5.93. The minimum absolute atomic E-state index is 0.0753. The molecule has 1 aliphatic rings. The van der Waals surface area contributed by atoms with Gasteiger partial charge in [0, 0.05) is 38.1 Å². The number of fused-ring (bicyclic) bond motifs is 1. The van der Waals surface area contributed by atoms with Crippen molar-refractivity contribution in [3.05, 3.63) is 71.2 Å². The summed E-state index contributed by atoms with van der Waals surface area (Å²) in [6, 6.07) is 12.8. The maximum absolute atomic E-state index is 12.6. The van der Waals surface area contributed by atoms with E-state index >= 15 is 0 Å². The number of rotatable bonds is 4. The standard InChI is InChI=1S/C22H26N4O/c1-16-7-12-26-15-20(24-21(26)13-16)22(27)23-19-8-10-25(11-9-19)14-18-6-4-3-5-17(18)2/h3-7,12-13,15,19H,8-11,14H2,1-2H3,(H,23,27). The topological polar surface area (TPSA) is 49.6 Å². The van der Waals surface area contributed by atoms with E-state index in [0.29, 0.717) is 5.69 Å². The largest absolute Gasteiger partial charge is 0.348 e. The van der Waals surface area contributed by atoms with Crippen molar-refractivity contribution >= 4 is 11.6 Å². The van der Waals surface area contributed by atoms with E-state index in [-0.39, 0.29) is 11.9 Å². The third-order valence-electron chi connectivity index (χ3n) is 5.43. The first-order valence-electron chi connectivity index (χ1n) is 9.61. The number of aromatic nitrogens is 2. The van der Waals surface area contributed by atoms with Gasteiger partial charge in [0.25, 0.3) is 5.91 Å². The SMILES string of the molecule is Cc1ccn2cc(C(=O)NC3CCN(Cc4ccccc4C)CC3)nc2c1. The van der Waals surface area contributed by atoms with E-state index in [1.165, 1.54) is 11.1 Å². The fourth-order valence-electron chi connectivity index (χ4n) is 3.72. The predicted octanol–water partition coefficient (Wildman–Crippen LogP) is 3.35. The number of likely N-dealkylation sites (tertiary alicyclic amines) is 1. The van der Waals surface area contributed by atoms with E-state index in [1.54, 1.807) is 6.20 Å². The second-order valence-corrected chi connectivity index (χ2v) is 7.55. The molecule has 0 radical (unpaired) electrons. The molecule has 0 unspecified atom stereocenters. The number of carbonyl (C=O) groups excluding carboxylic acids is 1. The molecule has 3 heterocycles. The van der Waals surface area contributed by atoms with Crippen molar-refractivity contribution in [1.29, 1.82) is 0 Å². The number of hydrogen-bond donors (Lipinski definition) is 1. The number of nitrogens with one attached hydrogen (secondary N) is 1. The smallest absolute Gasteiger partial charge is 0.271 e. The van der Waals surface area contributed by atoms with Crippen LogP contribution in [0.15, 0.2) is 48.8 Å². The molecule has 4 rings (SSSR count). The summed E-state index contributed by atoms with van der Waals surface area (Å²) < 4.78 is 1.90. The first-order valence-corrected chi connectivity index (χ1v) is 9.61. The van der Waals surface area contributed by atoms with Crippen LogP contribution in [0.1, 0.15) is 40.0 Å². The number of nitrogens with zero attached hydrogens (tertiary/aromatic N) is 3.